The van der Waals surface area contributed by atoms with Gasteiger partial charge in [0, 0.05) is 43.0 Å². The summed E-state index contributed by atoms with van der Waals surface area (Å²) in [4.78, 5) is 22.0. The van der Waals surface area contributed by atoms with E-state index in [4.69, 9.17) is 5.11 Å². The molecule has 1 aliphatic heterocycles. The van der Waals surface area contributed by atoms with Crippen molar-refractivity contribution in [2.45, 2.75) is 38.3 Å². The topological polar surface area (TPSA) is 78.4 Å². The summed E-state index contributed by atoms with van der Waals surface area (Å²) in [6.07, 6.45) is 1.05. The van der Waals surface area contributed by atoms with Gasteiger partial charge in [-0.05, 0) is 13.3 Å². The maximum Gasteiger partial charge on any atom is 0.303 e. The highest BCUT2D eigenvalue weighted by molar-refractivity contribution is 7.99. The second kappa shape index (κ2) is 7.55. The minimum Gasteiger partial charge on any atom is -0.481 e. The predicted molar refractivity (Wildman–Crippen MR) is 68.2 cm³/mol. The summed E-state index contributed by atoms with van der Waals surface area (Å²) in [6.45, 7) is 2.79. The Morgan fingerprint density at radius 2 is 2.35 bits per heavy atom. The molecule has 17 heavy (non-hydrogen) atoms. The van der Waals surface area contributed by atoms with Crippen molar-refractivity contribution < 1.29 is 14.7 Å². The molecule has 1 aliphatic rings. The smallest absolute Gasteiger partial charge is 0.303 e. The maximum atomic E-state index is 11.7. The van der Waals surface area contributed by atoms with Crippen molar-refractivity contribution in [3.63, 3.8) is 0 Å². The zero-order valence-electron chi connectivity index (χ0n) is 10.1. The van der Waals surface area contributed by atoms with Gasteiger partial charge in [0.2, 0.25) is 5.91 Å². The van der Waals surface area contributed by atoms with Crippen LogP contribution in [0.3, 0.4) is 0 Å². The standard InChI is InChI=1S/C11H20N2O3S/c1-8(2-3-11(15)16)13-10(14)6-9-7-17-5-4-12-9/h8-9,12H,2-7H2,1H3,(H,13,14)(H,15,16). The first-order valence-corrected chi connectivity index (χ1v) is 7.05. The van der Waals surface area contributed by atoms with Gasteiger partial charge in [-0.15, -0.1) is 0 Å². The van der Waals surface area contributed by atoms with Crippen LogP contribution in [0, 0.1) is 0 Å². The van der Waals surface area contributed by atoms with Gasteiger partial charge < -0.3 is 15.7 Å². The molecule has 6 heteroatoms. The Morgan fingerprint density at radius 1 is 1.59 bits per heavy atom. The zero-order chi connectivity index (χ0) is 12.7. The van der Waals surface area contributed by atoms with Gasteiger partial charge in [-0.3, -0.25) is 9.59 Å². The van der Waals surface area contributed by atoms with Crippen LogP contribution in [0.5, 0.6) is 0 Å². The summed E-state index contributed by atoms with van der Waals surface area (Å²) in [7, 11) is 0. The molecule has 0 aromatic rings. The summed E-state index contributed by atoms with van der Waals surface area (Å²) >= 11 is 1.86. The first-order valence-electron chi connectivity index (χ1n) is 5.90. The number of rotatable bonds is 6. The quantitative estimate of drug-likeness (QED) is 0.646. The summed E-state index contributed by atoms with van der Waals surface area (Å²) in [5.41, 5.74) is 0. The lowest BCUT2D eigenvalue weighted by Crippen LogP contribution is -2.43. The molecule has 1 saturated heterocycles. The second-order valence-electron chi connectivity index (χ2n) is 4.33. The van der Waals surface area contributed by atoms with Crippen LogP contribution in [0.4, 0.5) is 0 Å². The number of hydrogen-bond acceptors (Lipinski definition) is 4. The third-order valence-electron chi connectivity index (χ3n) is 2.63. The second-order valence-corrected chi connectivity index (χ2v) is 5.48. The van der Waals surface area contributed by atoms with Crippen LogP contribution < -0.4 is 10.6 Å². The third kappa shape index (κ3) is 6.53. The Morgan fingerprint density at radius 3 is 2.94 bits per heavy atom. The summed E-state index contributed by atoms with van der Waals surface area (Å²) in [5, 5.41) is 14.7. The largest absolute Gasteiger partial charge is 0.481 e. The number of carboxylic acid groups (broad SMARTS) is 1. The Labute approximate surface area is 106 Å². The van der Waals surface area contributed by atoms with E-state index < -0.39 is 5.97 Å². The minimum atomic E-state index is -0.823. The summed E-state index contributed by atoms with van der Waals surface area (Å²) in [5.74, 6) is 1.25. The van der Waals surface area contributed by atoms with Gasteiger partial charge in [-0.1, -0.05) is 0 Å². The molecule has 0 bridgehead atoms. The van der Waals surface area contributed by atoms with E-state index in [-0.39, 0.29) is 24.4 Å². The Bertz CT molecular complexity index is 267. The highest BCUT2D eigenvalue weighted by Gasteiger charge is 2.17. The van der Waals surface area contributed by atoms with E-state index in [1.165, 1.54) is 0 Å². The molecule has 0 radical (unpaired) electrons. The first kappa shape index (κ1) is 14.3. The number of carbonyl (C=O) groups is 2. The molecule has 1 heterocycles. The van der Waals surface area contributed by atoms with E-state index >= 15 is 0 Å². The molecular weight excluding hydrogens is 240 g/mol. The molecule has 0 aliphatic carbocycles. The van der Waals surface area contributed by atoms with Crippen LogP contribution in [-0.4, -0.2) is 47.1 Å². The highest BCUT2D eigenvalue weighted by Crippen LogP contribution is 2.10. The van der Waals surface area contributed by atoms with Gasteiger partial charge in [0.1, 0.15) is 0 Å². The van der Waals surface area contributed by atoms with Crippen LogP contribution in [0.25, 0.3) is 0 Å². The molecule has 1 rings (SSSR count). The molecular formula is C11H20N2O3S. The van der Waals surface area contributed by atoms with E-state index in [1.807, 2.05) is 18.7 Å². The van der Waals surface area contributed by atoms with Crippen LogP contribution in [0.1, 0.15) is 26.2 Å². The Kier molecular flexibility index (Phi) is 6.36. The summed E-state index contributed by atoms with van der Waals surface area (Å²) in [6, 6.07) is 0.176. The van der Waals surface area contributed by atoms with Crippen molar-refractivity contribution in [2.24, 2.45) is 0 Å². The van der Waals surface area contributed by atoms with Crippen LogP contribution in [-0.2, 0) is 9.59 Å². The molecule has 3 N–H and O–H groups in total. The van der Waals surface area contributed by atoms with E-state index in [9.17, 15) is 9.59 Å². The third-order valence-corrected chi connectivity index (χ3v) is 3.76. The summed E-state index contributed by atoms with van der Waals surface area (Å²) < 4.78 is 0. The van der Waals surface area contributed by atoms with Crippen molar-refractivity contribution in [2.75, 3.05) is 18.1 Å². The lowest BCUT2D eigenvalue weighted by Gasteiger charge is -2.23. The molecule has 5 nitrogen and oxygen atoms in total. The molecule has 98 valence electrons. The SMILES string of the molecule is CC(CCC(=O)O)NC(=O)CC1CSCCN1. The number of thioether (sulfide) groups is 1. The fourth-order valence-corrected chi connectivity index (χ4v) is 2.67. The average molecular weight is 260 g/mol. The highest BCUT2D eigenvalue weighted by atomic mass is 32.2. The number of carbonyl (C=O) groups excluding carboxylic acids is 1. The van der Waals surface area contributed by atoms with Crippen molar-refractivity contribution >= 4 is 23.6 Å². The fraction of sp³-hybridized carbons (Fsp3) is 0.818. The molecule has 0 spiro atoms. The Hall–Kier alpha value is -0.750. The average Bonchev–Trinajstić information content (AvgIpc) is 2.27. The predicted octanol–water partition coefficient (Wildman–Crippen LogP) is 0.451. The molecule has 0 aromatic carbocycles. The van der Waals surface area contributed by atoms with E-state index in [0.29, 0.717) is 12.8 Å². The van der Waals surface area contributed by atoms with E-state index in [2.05, 4.69) is 10.6 Å². The van der Waals surface area contributed by atoms with Crippen LogP contribution in [0.2, 0.25) is 0 Å². The van der Waals surface area contributed by atoms with Crippen LogP contribution in [0.15, 0.2) is 0 Å². The van der Waals surface area contributed by atoms with Gasteiger partial charge in [0.15, 0.2) is 0 Å². The van der Waals surface area contributed by atoms with Gasteiger partial charge in [-0.25, -0.2) is 0 Å². The molecule has 0 saturated carbocycles. The lowest BCUT2D eigenvalue weighted by atomic mass is 10.1. The molecule has 0 aromatic heterocycles. The normalized spacial score (nSPS) is 21.8. The molecule has 2 unspecified atom stereocenters. The zero-order valence-corrected chi connectivity index (χ0v) is 10.9. The van der Waals surface area contributed by atoms with E-state index in [0.717, 1.165) is 18.1 Å². The van der Waals surface area contributed by atoms with E-state index in [1.54, 1.807) is 0 Å². The van der Waals surface area contributed by atoms with Gasteiger partial charge in [-0.2, -0.15) is 11.8 Å². The maximum absolute atomic E-state index is 11.7. The minimum absolute atomic E-state index is 0.00267. The van der Waals surface area contributed by atoms with Crippen molar-refractivity contribution in [3.05, 3.63) is 0 Å². The monoisotopic (exact) mass is 260 g/mol. The first-order chi connectivity index (χ1) is 8.08. The molecule has 1 fully saturated rings. The lowest BCUT2D eigenvalue weighted by molar-refractivity contribution is -0.137. The van der Waals surface area contributed by atoms with Crippen molar-refractivity contribution in [3.8, 4) is 0 Å². The number of carboxylic acids is 1. The van der Waals surface area contributed by atoms with Gasteiger partial charge in [0.25, 0.3) is 0 Å². The molecule has 2 atom stereocenters. The van der Waals surface area contributed by atoms with Gasteiger partial charge in [0.05, 0.1) is 0 Å². The molecule has 1 amide bonds. The Balaban J connectivity index is 2.16. The number of aliphatic carboxylic acids is 1. The van der Waals surface area contributed by atoms with Crippen molar-refractivity contribution in [1.82, 2.24) is 10.6 Å². The van der Waals surface area contributed by atoms with Gasteiger partial charge >= 0.3 is 5.97 Å². The number of hydrogen-bond donors (Lipinski definition) is 3. The van der Waals surface area contributed by atoms with Crippen LogP contribution >= 0.6 is 11.8 Å². The van der Waals surface area contributed by atoms with Crippen molar-refractivity contribution in [1.29, 1.82) is 0 Å². The number of amides is 1. The fourth-order valence-electron chi connectivity index (χ4n) is 1.72. The number of nitrogens with one attached hydrogen (secondary N) is 2.